The lowest BCUT2D eigenvalue weighted by Crippen LogP contribution is -2.09. The molecule has 0 aliphatic carbocycles. The van der Waals surface area contributed by atoms with Gasteiger partial charge in [-0.15, -0.1) is 6.58 Å². The van der Waals surface area contributed by atoms with Crippen molar-refractivity contribution in [3.05, 3.63) is 12.7 Å². The topological polar surface area (TPSA) is 9.23 Å². The molecule has 0 saturated heterocycles. The second-order valence-electron chi connectivity index (χ2n) is 2.52. The first-order chi connectivity index (χ1) is 4.85. The molecule has 60 valence electrons. The lowest BCUT2D eigenvalue weighted by molar-refractivity contribution is 0.210. The van der Waals surface area contributed by atoms with Crippen LogP contribution in [0.15, 0.2) is 12.7 Å². The molecular weight excluding hydrogens is 140 g/mol. The van der Waals surface area contributed by atoms with Crippen molar-refractivity contribution >= 4 is 10.5 Å². The Balaban J connectivity index is 3.29. The quantitative estimate of drug-likeness (QED) is 0.419. The summed E-state index contributed by atoms with van der Waals surface area (Å²) in [6.45, 7) is 5.90. The van der Waals surface area contributed by atoms with Gasteiger partial charge in [-0.2, -0.15) is 0 Å². The van der Waals surface area contributed by atoms with E-state index in [0.29, 0.717) is 6.10 Å². The zero-order chi connectivity index (χ0) is 7.82. The molecule has 1 unspecified atom stereocenters. The van der Waals surface area contributed by atoms with Crippen molar-refractivity contribution in [2.24, 2.45) is 0 Å². The largest absolute Gasteiger partial charge is 0.425 e. The van der Waals surface area contributed by atoms with E-state index in [2.05, 4.69) is 13.5 Å². The van der Waals surface area contributed by atoms with E-state index in [9.17, 15) is 0 Å². The molecule has 1 nitrogen and oxygen atoms in total. The normalized spacial score (nSPS) is 13.3. The molecule has 1 atom stereocenters. The standard InChI is InChI=1S/C8H18OSi/c1-3-5-7-8(9-10)6-4-2/h4,8H,2-3,5-7H2,1,10H3. The van der Waals surface area contributed by atoms with Crippen LogP contribution in [-0.4, -0.2) is 16.6 Å². The van der Waals surface area contributed by atoms with Gasteiger partial charge < -0.3 is 4.43 Å². The van der Waals surface area contributed by atoms with E-state index in [-0.39, 0.29) is 0 Å². The van der Waals surface area contributed by atoms with Crippen molar-refractivity contribution < 1.29 is 4.43 Å². The molecule has 0 N–H and O–H groups in total. The Labute approximate surface area is 67.0 Å². The van der Waals surface area contributed by atoms with E-state index in [0.717, 1.165) is 16.9 Å². The highest BCUT2D eigenvalue weighted by molar-refractivity contribution is 5.98. The molecule has 0 aliphatic heterocycles. The van der Waals surface area contributed by atoms with E-state index in [1.54, 1.807) is 0 Å². The highest BCUT2D eigenvalue weighted by Crippen LogP contribution is 2.07. The highest BCUT2D eigenvalue weighted by Gasteiger charge is 2.01. The molecule has 2 heteroatoms. The van der Waals surface area contributed by atoms with Gasteiger partial charge in [0.25, 0.3) is 0 Å². The number of hydrogen-bond donors (Lipinski definition) is 0. The Hall–Kier alpha value is -0.0831. The summed E-state index contributed by atoms with van der Waals surface area (Å²) in [6.07, 6.45) is 7.16. The van der Waals surface area contributed by atoms with Crippen LogP contribution in [0.3, 0.4) is 0 Å². The molecule has 0 aromatic rings. The molecule has 0 aliphatic rings. The van der Waals surface area contributed by atoms with Crippen molar-refractivity contribution in [1.82, 2.24) is 0 Å². The van der Waals surface area contributed by atoms with Crippen LogP contribution in [0.25, 0.3) is 0 Å². The van der Waals surface area contributed by atoms with Gasteiger partial charge >= 0.3 is 0 Å². The molecule has 0 rings (SSSR count). The molecule has 0 aromatic heterocycles. The van der Waals surface area contributed by atoms with Crippen LogP contribution in [0.5, 0.6) is 0 Å². The third-order valence-electron chi connectivity index (χ3n) is 1.64. The fourth-order valence-electron chi connectivity index (χ4n) is 0.950. The number of unbranched alkanes of at least 4 members (excludes halogenated alkanes) is 1. The molecule has 0 radical (unpaired) electrons. The van der Waals surface area contributed by atoms with Gasteiger partial charge in [0.05, 0.1) is 0 Å². The smallest absolute Gasteiger partial charge is 0.146 e. The minimum Gasteiger partial charge on any atom is -0.425 e. The van der Waals surface area contributed by atoms with Crippen molar-refractivity contribution in [2.75, 3.05) is 0 Å². The summed E-state index contributed by atoms with van der Waals surface area (Å²) >= 11 is 0. The summed E-state index contributed by atoms with van der Waals surface area (Å²) in [5, 5.41) is 0. The zero-order valence-electron chi connectivity index (χ0n) is 7.10. The van der Waals surface area contributed by atoms with Crippen molar-refractivity contribution in [2.45, 2.75) is 38.7 Å². The molecule has 0 heterocycles. The lowest BCUT2D eigenvalue weighted by Gasteiger charge is -2.12. The molecule has 0 amide bonds. The first-order valence-electron chi connectivity index (χ1n) is 3.98. The molecule has 0 fully saturated rings. The molecule has 0 spiro atoms. The predicted molar refractivity (Wildman–Crippen MR) is 49.2 cm³/mol. The third kappa shape index (κ3) is 4.76. The van der Waals surface area contributed by atoms with Crippen LogP contribution >= 0.6 is 0 Å². The second kappa shape index (κ2) is 7.03. The SMILES string of the molecule is C=CCC(CCCC)O[SiH3]. The number of rotatable bonds is 6. The molecular formula is C8H18OSi. The van der Waals surface area contributed by atoms with Gasteiger partial charge in [-0.05, 0) is 12.8 Å². The summed E-state index contributed by atoms with van der Waals surface area (Å²) < 4.78 is 5.36. The van der Waals surface area contributed by atoms with Crippen LogP contribution < -0.4 is 0 Å². The van der Waals surface area contributed by atoms with Crippen LogP contribution in [0.4, 0.5) is 0 Å². The zero-order valence-corrected chi connectivity index (χ0v) is 9.10. The second-order valence-corrected chi connectivity index (χ2v) is 3.00. The van der Waals surface area contributed by atoms with Crippen LogP contribution in [-0.2, 0) is 4.43 Å². The summed E-state index contributed by atoms with van der Waals surface area (Å²) in [6, 6.07) is 0. The fourth-order valence-corrected chi connectivity index (χ4v) is 1.38. The Morgan fingerprint density at radius 3 is 2.80 bits per heavy atom. The average molecular weight is 158 g/mol. The van der Waals surface area contributed by atoms with Gasteiger partial charge in [0.15, 0.2) is 0 Å². The summed E-state index contributed by atoms with van der Waals surface area (Å²) in [7, 11) is 0.855. The lowest BCUT2D eigenvalue weighted by atomic mass is 10.1. The highest BCUT2D eigenvalue weighted by atomic mass is 28.2. The Bertz CT molecular complexity index is 83.3. The fraction of sp³-hybridized carbons (Fsp3) is 0.750. The van der Waals surface area contributed by atoms with Gasteiger partial charge in [-0.25, -0.2) is 0 Å². The van der Waals surface area contributed by atoms with Crippen LogP contribution in [0, 0.1) is 0 Å². The maximum Gasteiger partial charge on any atom is 0.146 e. The van der Waals surface area contributed by atoms with Gasteiger partial charge in [0, 0.05) is 6.10 Å². The average Bonchev–Trinajstić information content (AvgIpc) is 1.98. The molecule has 0 saturated carbocycles. The number of hydrogen-bond acceptors (Lipinski definition) is 1. The van der Waals surface area contributed by atoms with E-state index in [1.165, 1.54) is 19.3 Å². The predicted octanol–water partition coefficient (Wildman–Crippen LogP) is 1.42. The Kier molecular flexibility index (Phi) is 6.97. The summed E-state index contributed by atoms with van der Waals surface area (Å²) in [4.78, 5) is 0. The maximum atomic E-state index is 5.36. The van der Waals surface area contributed by atoms with Crippen LogP contribution in [0.2, 0.25) is 0 Å². The first kappa shape index (κ1) is 9.92. The monoisotopic (exact) mass is 158 g/mol. The van der Waals surface area contributed by atoms with E-state index < -0.39 is 0 Å². The Morgan fingerprint density at radius 1 is 1.70 bits per heavy atom. The van der Waals surface area contributed by atoms with Crippen molar-refractivity contribution in [1.29, 1.82) is 0 Å². The summed E-state index contributed by atoms with van der Waals surface area (Å²) in [5.41, 5.74) is 0. The van der Waals surface area contributed by atoms with E-state index >= 15 is 0 Å². The van der Waals surface area contributed by atoms with Crippen molar-refractivity contribution in [3.8, 4) is 0 Å². The van der Waals surface area contributed by atoms with Gasteiger partial charge in [0.2, 0.25) is 0 Å². The third-order valence-corrected chi connectivity index (χ3v) is 2.31. The first-order valence-corrected chi connectivity index (χ1v) is 4.80. The van der Waals surface area contributed by atoms with Gasteiger partial charge in [0.1, 0.15) is 10.5 Å². The van der Waals surface area contributed by atoms with E-state index in [1.807, 2.05) is 6.08 Å². The molecule has 0 aromatic carbocycles. The maximum absolute atomic E-state index is 5.36. The minimum absolute atomic E-state index is 0.462. The van der Waals surface area contributed by atoms with Gasteiger partial charge in [-0.3, -0.25) is 0 Å². The summed E-state index contributed by atoms with van der Waals surface area (Å²) in [5.74, 6) is 0. The van der Waals surface area contributed by atoms with Crippen molar-refractivity contribution in [3.63, 3.8) is 0 Å². The van der Waals surface area contributed by atoms with Crippen LogP contribution in [0.1, 0.15) is 32.6 Å². The van der Waals surface area contributed by atoms with Gasteiger partial charge in [-0.1, -0.05) is 25.8 Å². The Morgan fingerprint density at radius 2 is 2.40 bits per heavy atom. The van der Waals surface area contributed by atoms with E-state index in [4.69, 9.17) is 4.43 Å². The minimum atomic E-state index is 0.462. The molecule has 10 heavy (non-hydrogen) atoms. The molecule has 0 bridgehead atoms.